The average molecular weight is 366 g/mol. The molecule has 0 unspecified atom stereocenters. The highest BCUT2D eigenvalue weighted by atomic mass is 16.5. The summed E-state index contributed by atoms with van der Waals surface area (Å²) in [5, 5.41) is 9.68. The summed E-state index contributed by atoms with van der Waals surface area (Å²) < 4.78 is 9.53. The molecule has 1 aliphatic heterocycles. The number of aryl methyl sites for hydroxylation is 1. The van der Waals surface area contributed by atoms with E-state index in [0.29, 0.717) is 12.0 Å². The Morgan fingerprint density at radius 2 is 1.93 bits per heavy atom. The van der Waals surface area contributed by atoms with Gasteiger partial charge in [0.15, 0.2) is 0 Å². The number of aromatic nitrogens is 4. The number of fused-ring (bicyclic) bond motifs is 1. The van der Waals surface area contributed by atoms with Crippen molar-refractivity contribution in [2.75, 3.05) is 32.8 Å². The zero-order chi connectivity index (χ0) is 18.8. The number of hydrogen-bond acceptors (Lipinski definition) is 5. The summed E-state index contributed by atoms with van der Waals surface area (Å²) in [7, 11) is 0. The average Bonchev–Trinajstić information content (AvgIpc) is 2.94. The quantitative estimate of drug-likeness (QED) is 0.746. The number of nitrogens with one attached hydrogen (secondary N) is 1. The molecule has 3 aromatic rings. The smallest absolute Gasteiger partial charge is 0.146 e. The van der Waals surface area contributed by atoms with Gasteiger partial charge >= 0.3 is 0 Å². The van der Waals surface area contributed by atoms with Gasteiger partial charge in [0, 0.05) is 38.1 Å². The maximum Gasteiger partial charge on any atom is 0.146 e. The Morgan fingerprint density at radius 3 is 2.67 bits per heavy atom. The number of ether oxygens (including phenoxy) is 1. The van der Waals surface area contributed by atoms with Gasteiger partial charge in [-0.05, 0) is 31.5 Å². The first-order valence-electron chi connectivity index (χ1n) is 9.44. The van der Waals surface area contributed by atoms with E-state index in [4.69, 9.17) is 15.1 Å². The maximum atomic E-state index is 8.74. The second kappa shape index (κ2) is 7.62. The third kappa shape index (κ3) is 3.52. The van der Waals surface area contributed by atoms with Gasteiger partial charge in [-0.25, -0.2) is 4.98 Å². The molecular formula is C20H26N6O. The fraction of sp³-hybridized carbons (Fsp3) is 0.450. The lowest BCUT2D eigenvalue weighted by Gasteiger charge is -2.26. The molecule has 142 valence electrons. The van der Waals surface area contributed by atoms with Crippen LogP contribution in [-0.2, 0) is 17.8 Å². The van der Waals surface area contributed by atoms with Crippen molar-refractivity contribution in [1.82, 2.24) is 24.0 Å². The molecule has 1 aliphatic rings. The standard InChI is InChI=1S/C20H26N6O/c1-15-16(2)26(13-17-5-3-4-6-22-17)20-18(15)19(21)25(14-23-20)8-7-24-9-11-27-12-10-24/h3-6,14,21H,7-13H2,1-2H3. The number of hydrogen-bond donors (Lipinski definition) is 1. The predicted molar refractivity (Wildman–Crippen MR) is 104 cm³/mol. The van der Waals surface area contributed by atoms with E-state index in [9.17, 15) is 0 Å². The minimum absolute atomic E-state index is 0.536. The third-order valence-corrected chi connectivity index (χ3v) is 5.45. The van der Waals surface area contributed by atoms with Crippen molar-refractivity contribution >= 4 is 11.0 Å². The first-order chi connectivity index (χ1) is 13.1. The van der Waals surface area contributed by atoms with Crippen LogP contribution in [0, 0.1) is 19.3 Å². The Morgan fingerprint density at radius 1 is 1.11 bits per heavy atom. The molecule has 7 nitrogen and oxygen atoms in total. The molecule has 0 radical (unpaired) electrons. The van der Waals surface area contributed by atoms with Gasteiger partial charge in [0.2, 0.25) is 0 Å². The minimum atomic E-state index is 0.536. The number of morpholine rings is 1. The lowest BCUT2D eigenvalue weighted by molar-refractivity contribution is 0.0362. The van der Waals surface area contributed by atoms with Gasteiger partial charge in [-0.1, -0.05) is 6.07 Å². The van der Waals surface area contributed by atoms with Gasteiger partial charge in [0.1, 0.15) is 11.1 Å². The van der Waals surface area contributed by atoms with Crippen molar-refractivity contribution in [3.63, 3.8) is 0 Å². The Balaban J connectivity index is 1.64. The van der Waals surface area contributed by atoms with Crippen molar-refractivity contribution in [3.8, 4) is 0 Å². The molecule has 3 aromatic heterocycles. The fourth-order valence-corrected chi connectivity index (χ4v) is 3.68. The molecule has 27 heavy (non-hydrogen) atoms. The summed E-state index contributed by atoms with van der Waals surface area (Å²) in [6.45, 7) is 10.0. The summed E-state index contributed by atoms with van der Waals surface area (Å²) in [6, 6.07) is 5.94. The van der Waals surface area contributed by atoms with E-state index in [1.807, 2.05) is 29.0 Å². The van der Waals surface area contributed by atoms with Gasteiger partial charge in [-0.15, -0.1) is 0 Å². The molecule has 1 fully saturated rings. The van der Waals surface area contributed by atoms with Crippen molar-refractivity contribution < 1.29 is 4.74 Å². The summed E-state index contributed by atoms with van der Waals surface area (Å²) in [4.78, 5) is 11.5. The largest absolute Gasteiger partial charge is 0.379 e. The van der Waals surface area contributed by atoms with Gasteiger partial charge in [-0.2, -0.15) is 0 Å². The first-order valence-corrected chi connectivity index (χ1v) is 9.44. The van der Waals surface area contributed by atoms with E-state index in [2.05, 4.69) is 28.3 Å². The molecule has 0 bridgehead atoms. The molecule has 0 amide bonds. The molecule has 0 saturated carbocycles. The van der Waals surface area contributed by atoms with Crippen LogP contribution in [0.1, 0.15) is 17.0 Å². The van der Waals surface area contributed by atoms with Crippen LogP contribution in [0.3, 0.4) is 0 Å². The van der Waals surface area contributed by atoms with Gasteiger partial charge in [-0.3, -0.25) is 15.3 Å². The molecule has 7 heteroatoms. The van der Waals surface area contributed by atoms with Gasteiger partial charge in [0.25, 0.3) is 0 Å². The zero-order valence-corrected chi connectivity index (χ0v) is 16.0. The zero-order valence-electron chi connectivity index (χ0n) is 16.0. The third-order valence-electron chi connectivity index (χ3n) is 5.45. The lowest BCUT2D eigenvalue weighted by atomic mass is 10.2. The van der Waals surface area contributed by atoms with Crippen LogP contribution in [0.5, 0.6) is 0 Å². The summed E-state index contributed by atoms with van der Waals surface area (Å²) in [6.07, 6.45) is 3.62. The fourth-order valence-electron chi connectivity index (χ4n) is 3.68. The van der Waals surface area contributed by atoms with E-state index in [-0.39, 0.29) is 0 Å². The normalized spacial score (nSPS) is 15.5. The van der Waals surface area contributed by atoms with E-state index < -0.39 is 0 Å². The Labute approximate surface area is 158 Å². The second-order valence-corrected chi connectivity index (χ2v) is 7.06. The molecule has 4 rings (SSSR count). The predicted octanol–water partition coefficient (Wildman–Crippen LogP) is 1.71. The van der Waals surface area contributed by atoms with Gasteiger partial charge in [0.05, 0.1) is 37.2 Å². The summed E-state index contributed by atoms with van der Waals surface area (Å²) >= 11 is 0. The Bertz CT molecular complexity index is 985. The number of pyridine rings is 1. The second-order valence-electron chi connectivity index (χ2n) is 7.06. The topological polar surface area (TPSA) is 72.0 Å². The van der Waals surface area contributed by atoms with Crippen LogP contribution in [-0.4, -0.2) is 56.9 Å². The molecule has 0 aromatic carbocycles. The Kier molecular flexibility index (Phi) is 5.05. The number of nitrogens with zero attached hydrogens (tertiary/aromatic N) is 5. The maximum absolute atomic E-state index is 8.74. The van der Waals surface area contributed by atoms with Crippen molar-refractivity contribution in [2.24, 2.45) is 0 Å². The van der Waals surface area contributed by atoms with E-state index in [0.717, 1.165) is 67.4 Å². The van der Waals surface area contributed by atoms with Crippen molar-refractivity contribution in [1.29, 1.82) is 5.41 Å². The van der Waals surface area contributed by atoms with Crippen molar-refractivity contribution in [2.45, 2.75) is 26.9 Å². The highest BCUT2D eigenvalue weighted by molar-refractivity contribution is 5.80. The molecular weight excluding hydrogens is 340 g/mol. The summed E-state index contributed by atoms with van der Waals surface area (Å²) in [5.74, 6) is 0. The SMILES string of the molecule is Cc1c(C)n(Cc2ccccn2)c2ncn(CCN3CCOCC3)c(=N)c12. The van der Waals surface area contributed by atoms with E-state index in [1.165, 1.54) is 0 Å². The highest BCUT2D eigenvalue weighted by Crippen LogP contribution is 2.21. The highest BCUT2D eigenvalue weighted by Gasteiger charge is 2.16. The lowest BCUT2D eigenvalue weighted by Crippen LogP contribution is -2.39. The van der Waals surface area contributed by atoms with E-state index in [1.54, 1.807) is 6.33 Å². The molecule has 1 saturated heterocycles. The minimum Gasteiger partial charge on any atom is -0.379 e. The van der Waals surface area contributed by atoms with Crippen molar-refractivity contribution in [3.05, 3.63) is 53.2 Å². The Hall–Kier alpha value is -2.51. The van der Waals surface area contributed by atoms with Crippen LogP contribution in [0.25, 0.3) is 11.0 Å². The molecule has 1 N–H and O–H groups in total. The molecule has 4 heterocycles. The van der Waals surface area contributed by atoms with Crippen LogP contribution >= 0.6 is 0 Å². The van der Waals surface area contributed by atoms with E-state index >= 15 is 0 Å². The molecule has 0 spiro atoms. The first kappa shape index (κ1) is 17.9. The van der Waals surface area contributed by atoms with Crippen LogP contribution in [0.2, 0.25) is 0 Å². The summed E-state index contributed by atoms with van der Waals surface area (Å²) in [5.41, 5.74) is 4.66. The molecule has 0 atom stereocenters. The van der Waals surface area contributed by atoms with Crippen LogP contribution in [0.4, 0.5) is 0 Å². The van der Waals surface area contributed by atoms with Crippen LogP contribution in [0.15, 0.2) is 30.7 Å². The number of rotatable bonds is 5. The van der Waals surface area contributed by atoms with Crippen LogP contribution < -0.4 is 5.49 Å². The van der Waals surface area contributed by atoms with Gasteiger partial charge < -0.3 is 13.9 Å². The monoisotopic (exact) mass is 366 g/mol. The molecule has 0 aliphatic carbocycles.